The Hall–Kier alpha value is -1.51. The molecular formula is C13H17NO2. The minimum absolute atomic E-state index is 0.0456. The van der Waals surface area contributed by atoms with Gasteiger partial charge in [0.2, 0.25) is 5.91 Å². The van der Waals surface area contributed by atoms with Gasteiger partial charge in [-0.25, -0.2) is 0 Å². The van der Waals surface area contributed by atoms with E-state index in [4.69, 9.17) is 4.74 Å². The van der Waals surface area contributed by atoms with Gasteiger partial charge < -0.3 is 10.1 Å². The monoisotopic (exact) mass is 219 g/mol. The average molecular weight is 219 g/mol. The van der Waals surface area contributed by atoms with E-state index in [2.05, 4.69) is 5.32 Å². The third-order valence-corrected chi connectivity index (χ3v) is 2.85. The van der Waals surface area contributed by atoms with Crippen LogP contribution < -0.4 is 10.1 Å². The molecule has 0 unspecified atom stereocenters. The van der Waals surface area contributed by atoms with E-state index in [1.807, 2.05) is 45.9 Å². The predicted molar refractivity (Wildman–Crippen MR) is 63.9 cm³/mol. The van der Waals surface area contributed by atoms with E-state index in [-0.39, 0.29) is 12.0 Å². The van der Waals surface area contributed by atoms with Gasteiger partial charge in [-0.2, -0.15) is 0 Å². The number of benzene rings is 1. The molecule has 0 spiro atoms. The molecule has 0 atom stereocenters. The maximum atomic E-state index is 11.7. The minimum Gasteiger partial charge on any atom is -0.491 e. The lowest BCUT2D eigenvalue weighted by molar-refractivity contribution is -0.119. The molecule has 1 aliphatic heterocycles. The third kappa shape index (κ3) is 1.66. The van der Waals surface area contributed by atoms with Crippen molar-refractivity contribution < 1.29 is 9.53 Å². The fourth-order valence-corrected chi connectivity index (χ4v) is 1.92. The standard InChI is InChI=1S/C13H17NO2/c1-8(2)16-9-5-6-10-11(7-9)14-12(15)13(10,3)4/h5-8H,1-4H3,(H,14,15). The Labute approximate surface area is 95.8 Å². The summed E-state index contributed by atoms with van der Waals surface area (Å²) in [4.78, 5) is 11.7. The highest BCUT2D eigenvalue weighted by Crippen LogP contribution is 2.39. The topological polar surface area (TPSA) is 38.3 Å². The second-order valence-corrected chi connectivity index (χ2v) is 4.95. The highest BCUT2D eigenvalue weighted by molar-refractivity contribution is 6.05. The number of nitrogens with one attached hydrogen (secondary N) is 1. The van der Waals surface area contributed by atoms with E-state index in [9.17, 15) is 4.79 Å². The van der Waals surface area contributed by atoms with Crippen LogP contribution in [0.2, 0.25) is 0 Å². The number of amides is 1. The summed E-state index contributed by atoms with van der Waals surface area (Å²) in [7, 11) is 0. The number of carbonyl (C=O) groups excluding carboxylic acids is 1. The van der Waals surface area contributed by atoms with E-state index in [0.717, 1.165) is 17.0 Å². The Balaban J connectivity index is 2.37. The maximum Gasteiger partial charge on any atom is 0.234 e. The number of anilines is 1. The van der Waals surface area contributed by atoms with Crippen LogP contribution in [0.25, 0.3) is 0 Å². The molecule has 1 amide bonds. The van der Waals surface area contributed by atoms with Gasteiger partial charge in [-0.15, -0.1) is 0 Å². The summed E-state index contributed by atoms with van der Waals surface area (Å²) in [6, 6.07) is 5.77. The predicted octanol–water partition coefficient (Wildman–Crippen LogP) is 2.70. The van der Waals surface area contributed by atoms with Gasteiger partial charge in [-0.1, -0.05) is 6.07 Å². The molecule has 1 N–H and O–H groups in total. The van der Waals surface area contributed by atoms with Crippen molar-refractivity contribution in [2.75, 3.05) is 5.32 Å². The first kappa shape index (κ1) is 11.0. The molecule has 16 heavy (non-hydrogen) atoms. The Morgan fingerprint density at radius 3 is 2.62 bits per heavy atom. The Kier molecular flexibility index (Phi) is 2.41. The molecule has 0 fully saturated rings. The summed E-state index contributed by atoms with van der Waals surface area (Å²) in [5.74, 6) is 0.843. The largest absolute Gasteiger partial charge is 0.491 e. The van der Waals surface area contributed by atoms with Gasteiger partial charge in [0.1, 0.15) is 5.75 Å². The Bertz CT molecular complexity index is 436. The van der Waals surface area contributed by atoms with Crippen LogP contribution in [0.5, 0.6) is 5.75 Å². The van der Waals surface area contributed by atoms with Crippen LogP contribution in [0, 0.1) is 0 Å². The van der Waals surface area contributed by atoms with Gasteiger partial charge in [0.25, 0.3) is 0 Å². The van der Waals surface area contributed by atoms with Gasteiger partial charge in [0, 0.05) is 11.8 Å². The molecule has 0 radical (unpaired) electrons. The molecule has 1 heterocycles. The number of ether oxygens (including phenoxy) is 1. The molecule has 0 bridgehead atoms. The SMILES string of the molecule is CC(C)Oc1ccc2c(c1)NC(=O)C2(C)C. The van der Waals surface area contributed by atoms with Crippen molar-refractivity contribution in [1.82, 2.24) is 0 Å². The van der Waals surface area contributed by atoms with Gasteiger partial charge in [-0.3, -0.25) is 4.79 Å². The fourth-order valence-electron chi connectivity index (χ4n) is 1.92. The molecule has 1 aromatic carbocycles. The van der Waals surface area contributed by atoms with E-state index in [0.29, 0.717) is 0 Å². The van der Waals surface area contributed by atoms with Crippen molar-refractivity contribution in [3.63, 3.8) is 0 Å². The summed E-state index contributed by atoms with van der Waals surface area (Å²) < 4.78 is 5.59. The van der Waals surface area contributed by atoms with Crippen molar-refractivity contribution in [3.8, 4) is 5.75 Å². The van der Waals surface area contributed by atoms with Crippen LogP contribution in [0.15, 0.2) is 18.2 Å². The molecule has 3 nitrogen and oxygen atoms in total. The van der Waals surface area contributed by atoms with Crippen LogP contribution >= 0.6 is 0 Å². The van der Waals surface area contributed by atoms with E-state index >= 15 is 0 Å². The first-order valence-electron chi connectivity index (χ1n) is 5.54. The van der Waals surface area contributed by atoms with Crippen molar-refractivity contribution in [1.29, 1.82) is 0 Å². The van der Waals surface area contributed by atoms with Gasteiger partial charge in [0.15, 0.2) is 0 Å². The second kappa shape index (κ2) is 3.51. The van der Waals surface area contributed by atoms with Crippen molar-refractivity contribution >= 4 is 11.6 Å². The number of hydrogen-bond donors (Lipinski definition) is 1. The lowest BCUT2D eigenvalue weighted by Crippen LogP contribution is -2.26. The minimum atomic E-state index is -0.439. The molecular weight excluding hydrogens is 202 g/mol. The van der Waals surface area contributed by atoms with Gasteiger partial charge >= 0.3 is 0 Å². The van der Waals surface area contributed by atoms with Gasteiger partial charge in [0.05, 0.1) is 11.5 Å². The van der Waals surface area contributed by atoms with E-state index in [1.165, 1.54) is 0 Å². The highest BCUT2D eigenvalue weighted by Gasteiger charge is 2.38. The molecule has 0 aliphatic carbocycles. The van der Waals surface area contributed by atoms with Crippen molar-refractivity contribution in [2.45, 2.75) is 39.2 Å². The first-order valence-corrected chi connectivity index (χ1v) is 5.54. The molecule has 86 valence electrons. The number of hydrogen-bond acceptors (Lipinski definition) is 2. The number of carbonyl (C=O) groups is 1. The quantitative estimate of drug-likeness (QED) is 0.830. The number of fused-ring (bicyclic) bond motifs is 1. The van der Waals surface area contributed by atoms with Gasteiger partial charge in [-0.05, 0) is 39.3 Å². The van der Waals surface area contributed by atoms with Crippen molar-refractivity contribution in [3.05, 3.63) is 23.8 Å². The van der Waals surface area contributed by atoms with E-state index < -0.39 is 5.41 Å². The summed E-state index contributed by atoms with van der Waals surface area (Å²) in [5, 5.41) is 2.88. The summed E-state index contributed by atoms with van der Waals surface area (Å²) in [5.41, 5.74) is 1.47. The molecule has 0 aromatic heterocycles. The highest BCUT2D eigenvalue weighted by atomic mass is 16.5. The normalized spacial score (nSPS) is 17.2. The zero-order chi connectivity index (χ0) is 11.9. The second-order valence-electron chi connectivity index (χ2n) is 4.95. The van der Waals surface area contributed by atoms with Crippen LogP contribution in [-0.4, -0.2) is 12.0 Å². The first-order chi connectivity index (χ1) is 7.41. The van der Waals surface area contributed by atoms with Crippen LogP contribution in [-0.2, 0) is 10.2 Å². The molecule has 0 saturated heterocycles. The van der Waals surface area contributed by atoms with Crippen LogP contribution in [0.4, 0.5) is 5.69 Å². The van der Waals surface area contributed by atoms with Crippen LogP contribution in [0.1, 0.15) is 33.3 Å². The average Bonchev–Trinajstić information content (AvgIpc) is 2.36. The molecule has 2 rings (SSSR count). The molecule has 1 aromatic rings. The molecule has 3 heteroatoms. The zero-order valence-electron chi connectivity index (χ0n) is 10.1. The Morgan fingerprint density at radius 2 is 2.00 bits per heavy atom. The molecule has 1 aliphatic rings. The van der Waals surface area contributed by atoms with Crippen LogP contribution in [0.3, 0.4) is 0 Å². The molecule has 0 saturated carbocycles. The van der Waals surface area contributed by atoms with E-state index in [1.54, 1.807) is 0 Å². The third-order valence-electron chi connectivity index (χ3n) is 2.85. The Morgan fingerprint density at radius 1 is 1.31 bits per heavy atom. The smallest absolute Gasteiger partial charge is 0.234 e. The zero-order valence-corrected chi connectivity index (χ0v) is 10.1. The lowest BCUT2D eigenvalue weighted by Gasteiger charge is -2.15. The summed E-state index contributed by atoms with van der Waals surface area (Å²) >= 11 is 0. The fraction of sp³-hybridized carbons (Fsp3) is 0.462. The summed E-state index contributed by atoms with van der Waals surface area (Å²) in [6.07, 6.45) is 0.142. The number of rotatable bonds is 2. The lowest BCUT2D eigenvalue weighted by atomic mass is 9.86. The summed E-state index contributed by atoms with van der Waals surface area (Å²) in [6.45, 7) is 7.82. The van der Waals surface area contributed by atoms with Crippen molar-refractivity contribution in [2.24, 2.45) is 0 Å². The maximum absolute atomic E-state index is 11.7.